The minimum atomic E-state index is -0.569. The zero-order valence-electron chi connectivity index (χ0n) is 24.6. The first kappa shape index (κ1) is 29.4. The molecule has 0 fully saturated rings. The molecular formula is C34H36N4O3. The fourth-order valence-electron chi connectivity index (χ4n) is 4.50. The van der Waals surface area contributed by atoms with E-state index in [1.54, 1.807) is 13.8 Å². The van der Waals surface area contributed by atoms with Gasteiger partial charge in [0, 0.05) is 23.2 Å². The molecule has 7 nitrogen and oxygen atoms in total. The minimum absolute atomic E-state index is 0.185. The Kier molecular flexibility index (Phi) is 9.10. The molecule has 0 radical (unpaired) electrons. The van der Waals surface area contributed by atoms with E-state index in [1.165, 1.54) is 0 Å². The van der Waals surface area contributed by atoms with E-state index in [2.05, 4.69) is 37.8 Å². The number of fused-ring (bicyclic) bond motifs is 1. The average Bonchev–Trinajstić information content (AvgIpc) is 3.41. The summed E-state index contributed by atoms with van der Waals surface area (Å²) in [6, 6.07) is 20.2. The number of benzene rings is 2. The van der Waals surface area contributed by atoms with Gasteiger partial charge in [0.25, 0.3) is 0 Å². The van der Waals surface area contributed by atoms with Gasteiger partial charge in [-0.1, -0.05) is 56.2 Å². The van der Waals surface area contributed by atoms with Gasteiger partial charge < -0.3 is 9.47 Å². The number of aromatic nitrogens is 3. The number of pyridine rings is 1. The normalized spacial score (nSPS) is 12.0. The number of carbonyl (C=O) groups is 1. The quantitative estimate of drug-likeness (QED) is 0.157. The van der Waals surface area contributed by atoms with Crippen LogP contribution in [0.3, 0.4) is 0 Å². The molecule has 0 saturated carbocycles. The number of esters is 1. The van der Waals surface area contributed by atoms with Crippen LogP contribution in [0, 0.1) is 23.2 Å². The van der Waals surface area contributed by atoms with Crippen LogP contribution in [0.4, 0.5) is 0 Å². The van der Waals surface area contributed by atoms with Gasteiger partial charge in [0.1, 0.15) is 12.4 Å². The van der Waals surface area contributed by atoms with Crippen LogP contribution in [0.15, 0.2) is 60.8 Å². The molecule has 2 aromatic heterocycles. The van der Waals surface area contributed by atoms with Crippen molar-refractivity contribution in [2.75, 3.05) is 6.61 Å². The van der Waals surface area contributed by atoms with Crippen molar-refractivity contribution in [3.05, 3.63) is 83.3 Å². The molecule has 0 aliphatic carbocycles. The summed E-state index contributed by atoms with van der Waals surface area (Å²) in [5.41, 5.74) is 4.99. The molecule has 0 spiro atoms. The van der Waals surface area contributed by atoms with Crippen molar-refractivity contribution in [2.45, 2.75) is 71.8 Å². The molecule has 2 aromatic carbocycles. The third-order valence-corrected chi connectivity index (χ3v) is 6.90. The summed E-state index contributed by atoms with van der Waals surface area (Å²) in [4.78, 5) is 16.8. The second-order valence-electron chi connectivity index (χ2n) is 10.8. The predicted molar refractivity (Wildman–Crippen MR) is 159 cm³/mol. The Labute approximate surface area is 242 Å². The zero-order chi connectivity index (χ0) is 29.6. The molecule has 0 unspecified atom stereocenters. The van der Waals surface area contributed by atoms with Crippen LogP contribution in [0.5, 0.6) is 5.75 Å². The van der Waals surface area contributed by atoms with Crippen molar-refractivity contribution in [1.29, 1.82) is 5.26 Å². The second-order valence-corrected chi connectivity index (χ2v) is 10.8. The topological polar surface area (TPSA) is 89.5 Å². The molecule has 2 heterocycles. The molecule has 0 bridgehead atoms. The average molecular weight is 549 g/mol. The van der Waals surface area contributed by atoms with Crippen LogP contribution in [0.25, 0.3) is 16.8 Å². The monoisotopic (exact) mass is 548 g/mol. The van der Waals surface area contributed by atoms with Gasteiger partial charge in [-0.3, -0.25) is 4.79 Å². The van der Waals surface area contributed by atoms with Crippen molar-refractivity contribution in [1.82, 2.24) is 14.6 Å². The number of rotatable bonds is 10. The molecule has 7 heteroatoms. The molecule has 4 aromatic rings. The largest absolute Gasteiger partial charge is 0.489 e. The van der Waals surface area contributed by atoms with Gasteiger partial charge in [-0.2, -0.15) is 10.4 Å². The summed E-state index contributed by atoms with van der Waals surface area (Å²) in [5.74, 6) is 7.19. The van der Waals surface area contributed by atoms with Crippen molar-refractivity contribution >= 4 is 11.6 Å². The maximum Gasteiger partial charge on any atom is 0.307 e. The van der Waals surface area contributed by atoms with E-state index in [-0.39, 0.29) is 24.2 Å². The van der Waals surface area contributed by atoms with E-state index in [4.69, 9.17) is 19.6 Å². The van der Waals surface area contributed by atoms with E-state index in [1.807, 2.05) is 73.1 Å². The van der Waals surface area contributed by atoms with Gasteiger partial charge in [-0.25, -0.2) is 9.50 Å². The summed E-state index contributed by atoms with van der Waals surface area (Å²) in [5, 5.41) is 14.3. The van der Waals surface area contributed by atoms with E-state index < -0.39 is 5.41 Å². The lowest BCUT2D eigenvalue weighted by atomic mass is 9.85. The highest BCUT2D eigenvalue weighted by Crippen LogP contribution is 2.30. The Morgan fingerprint density at radius 2 is 1.80 bits per heavy atom. The maximum atomic E-state index is 12.0. The summed E-state index contributed by atoms with van der Waals surface area (Å²) in [6.07, 6.45) is 2.16. The van der Waals surface area contributed by atoms with E-state index in [0.29, 0.717) is 19.0 Å². The van der Waals surface area contributed by atoms with Crippen LogP contribution in [-0.2, 0) is 21.6 Å². The molecule has 0 aliphatic heterocycles. The molecule has 0 aliphatic rings. The van der Waals surface area contributed by atoms with Gasteiger partial charge in [0.15, 0.2) is 11.5 Å². The Balaban J connectivity index is 1.59. The van der Waals surface area contributed by atoms with Crippen LogP contribution in [0.1, 0.15) is 82.3 Å². The number of nitrogens with zero attached hydrogens (tertiary/aromatic N) is 4. The van der Waals surface area contributed by atoms with Crippen molar-refractivity contribution in [3.63, 3.8) is 0 Å². The lowest BCUT2D eigenvalue weighted by molar-refractivity contribution is -0.143. The van der Waals surface area contributed by atoms with Crippen molar-refractivity contribution in [3.8, 4) is 34.8 Å². The molecule has 1 atom stereocenters. The first-order chi connectivity index (χ1) is 19.6. The zero-order valence-corrected chi connectivity index (χ0v) is 24.6. The minimum Gasteiger partial charge on any atom is -0.489 e. The molecule has 0 N–H and O–H groups in total. The second kappa shape index (κ2) is 12.7. The highest BCUT2D eigenvalue weighted by atomic mass is 16.5. The standard InChI is InChI=1S/C34H36N4O3/c1-7-9-27(19-31(39)40-8-2)25-12-16-29(17-13-25)41-21-24-18-30(33-36-32(23(3)4)37-38(33)20-24)26-10-14-28(15-11-26)34(5,6)22-35/h10-18,20,23,27H,8,19,21H2,1-6H3/t27-/m0/s1. The van der Waals surface area contributed by atoms with Gasteiger partial charge in [-0.15, -0.1) is 5.92 Å². The Morgan fingerprint density at radius 3 is 2.41 bits per heavy atom. The van der Waals surface area contributed by atoms with Crippen LogP contribution < -0.4 is 4.74 Å². The van der Waals surface area contributed by atoms with Crippen LogP contribution >= 0.6 is 0 Å². The summed E-state index contributed by atoms with van der Waals surface area (Å²) < 4.78 is 13.1. The number of nitriles is 1. The highest BCUT2D eigenvalue weighted by Gasteiger charge is 2.20. The summed E-state index contributed by atoms with van der Waals surface area (Å²) >= 11 is 0. The fourth-order valence-corrected chi connectivity index (χ4v) is 4.50. The van der Waals surface area contributed by atoms with Crippen LogP contribution in [0.2, 0.25) is 0 Å². The lowest BCUT2D eigenvalue weighted by Gasteiger charge is -2.16. The number of ether oxygens (including phenoxy) is 2. The van der Waals surface area contributed by atoms with Gasteiger partial charge in [0.2, 0.25) is 0 Å². The Morgan fingerprint density at radius 1 is 1.10 bits per heavy atom. The third-order valence-electron chi connectivity index (χ3n) is 6.90. The highest BCUT2D eigenvalue weighted by molar-refractivity contribution is 5.78. The fraction of sp³-hybridized carbons (Fsp3) is 0.353. The number of hydrogen-bond donors (Lipinski definition) is 0. The van der Waals surface area contributed by atoms with Crippen molar-refractivity contribution < 1.29 is 14.3 Å². The molecule has 0 saturated heterocycles. The lowest BCUT2D eigenvalue weighted by Crippen LogP contribution is -2.13. The molecule has 0 amide bonds. The molecule has 41 heavy (non-hydrogen) atoms. The smallest absolute Gasteiger partial charge is 0.307 e. The first-order valence-corrected chi connectivity index (χ1v) is 13.9. The first-order valence-electron chi connectivity index (χ1n) is 13.9. The van der Waals surface area contributed by atoms with Gasteiger partial charge in [-0.05, 0) is 62.6 Å². The van der Waals surface area contributed by atoms with Crippen LogP contribution in [-0.4, -0.2) is 27.2 Å². The maximum absolute atomic E-state index is 12.0. The van der Waals surface area contributed by atoms with Crippen molar-refractivity contribution in [2.24, 2.45) is 0 Å². The summed E-state index contributed by atoms with van der Waals surface area (Å²) in [7, 11) is 0. The molecule has 4 rings (SSSR count). The summed E-state index contributed by atoms with van der Waals surface area (Å²) in [6.45, 7) is 12.2. The van der Waals surface area contributed by atoms with E-state index in [9.17, 15) is 10.1 Å². The predicted octanol–water partition coefficient (Wildman–Crippen LogP) is 6.96. The molecule has 210 valence electrons. The van der Waals surface area contributed by atoms with E-state index in [0.717, 1.165) is 39.3 Å². The number of hydrogen-bond acceptors (Lipinski definition) is 6. The third kappa shape index (κ3) is 6.94. The Hall–Kier alpha value is -4.62. The van der Waals surface area contributed by atoms with E-state index >= 15 is 0 Å². The SMILES string of the molecule is CC#C[C@@H](CC(=O)OCC)c1ccc(OCc2cc(-c3ccc(C(C)(C)C#N)cc3)c3nc(C(C)C)nn3c2)cc1. The van der Waals surface area contributed by atoms with Gasteiger partial charge in [0.05, 0.1) is 30.4 Å². The van der Waals surface area contributed by atoms with Gasteiger partial charge >= 0.3 is 5.97 Å². The molecular weight excluding hydrogens is 512 g/mol. The number of carbonyl (C=O) groups excluding carboxylic acids is 1. The Bertz CT molecular complexity index is 1620.